The molecular weight excluding hydrogens is 783 g/mol. The van der Waals surface area contributed by atoms with Crippen LogP contribution in [0.2, 0.25) is 10.0 Å². The van der Waals surface area contributed by atoms with Gasteiger partial charge < -0.3 is 35.0 Å². The SMILES string of the molecule is COc1nc(-c2cccc(-c3cccc(-c4ccc5nc(CNCC(O)CC(=O)N(C)C)cn5n4)c3Cl)c2Cl)ccc1CN(C[C@@H]1CCC(=O)N1)C(=O)OC(C)(C)C. The smallest absolute Gasteiger partial charge is 0.410 e. The Morgan fingerprint density at radius 2 is 1.64 bits per heavy atom. The number of carbonyl (C=O) groups is 3. The summed E-state index contributed by atoms with van der Waals surface area (Å²) in [7, 11) is 4.83. The van der Waals surface area contributed by atoms with E-state index in [4.69, 9.17) is 42.8 Å². The van der Waals surface area contributed by atoms with E-state index in [0.29, 0.717) is 80.2 Å². The number of nitrogens with zero attached hydrogens (tertiary/aromatic N) is 6. The van der Waals surface area contributed by atoms with E-state index in [0.717, 1.165) is 5.69 Å². The zero-order valence-electron chi connectivity index (χ0n) is 33.4. The standard InChI is InChI=1S/C42H48Cl2N8O6/c1-42(2,3)58-41(56)51(23-26-14-18-36(54)47-26)22-25-13-15-33(48-40(25)57-6)31-11-7-9-29(38(31)43)30-10-8-12-32(39(30)44)34-16-17-35-46-27(24-52(35)49-34)20-45-21-28(53)19-37(55)50(4)5/h7-13,15-17,24,26,28,45,53H,14,18-23H2,1-6H3,(H,47,54)/t26-,28?/m0/s1. The number of ether oxygens (including phenoxy) is 2. The summed E-state index contributed by atoms with van der Waals surface area (Å²) in [5.74, 6) is 0.134. The molecular formula is C42H48Cl2N8O6. The Labute approximate surface area is 347 Å². The number of methoxy groups -OCH3 is 1. The van der Waals surface area contributed by atoms with Crippen molar-refractivity contribution in [3.8, 4) is 39.5 Å². The molecule has 2 atom stereocenters. The molecule has 0 radical (unpaired) electrons. The molecule has 0 saturated carbocycles. The minimum Gasteiger partial charge on any atom is -0.481 e. The molecule has 0 spiro atoms. The van der Waals surface area contributed by atoms with Crippen molar-refractivity contribution in [1.29, 1.82) is 0 Å². The fourth-order valence-corrected chi connectivity index (χ4v) is 7.24. The van der Waals surface area contributed by atoms with E-state index in [1.54, 1.807) is 50.5 Å². The lowest BCUT2D eigenvalue weighted by Gasteiger charge is -2.29. The molecule has 6 rings (SSSR count). The summed E-state index contributed by atoms with van der Waals surface area (Å²) >= 11 is 14.3. The average molecular weight is 832 g/mol. The molecule has 1 aliphatic heterocycles. The van der Waals surface area contributed by atoms with Crippen molar-refractivity contribution in [2.24, 2.45) is 0 Å². The monoisotopic (exact) mass is 830 g/mol. The largest absolute Gasteiger partial charge is 0.481 e. The van der Waals surface area contributed by atoms with Crippen LogP contribution in [-0.2, 0) is 27.4 Å². The second kappa shape index (κ2) is 18.1. The molecule has 1 saturated heterocycles. The zero-order valence-corrected chi connectivity index (χ0v) is 34.9. The summed E-state index contributed by atoms with van der Waals surface area (Å²) in [5.41, 5.74) is 5.22. The number of fused-ring (bicyclic) bond motifs is 1. The maximum absolute atomic E-state index is 13.3. The first-order valence-electron chi connectivity index (χ1n) is 18.9. The summed E-state index contributed by atoms with van der Waals surface area (Å²) in [5, 5.41) is 22.0. The number of carbonyl (C=O) groups excluding carboxylic acids is 3. The summed E-state index contributed by atoms with van der Waals surface area (Å²) < 4.78 is 13.1. The first-order chi connectivity index (χ1) is 27.6. The topological polar surface area (TPSA) is 164 Å². The van der Waals surface area contributed by atoms with Gasteiger partial charge in [0.25, 0.3) is 0 Å². The van der Waals surface area contributed by atoms with Crippen molar-refractivity contribution >= 4 is 46.8 Å². The van der Waals surface area contributed by atoms with Crippen LogP contribution in [0.25, 0.3) is 39.3 Å². The highest BCUT2D eigenvalue weighted by Gasteiger charge is 2.29. The number of rotatable bonds is 14. The molecule has 0 aliphatic carbocycles. The van der Waals surface area contributed by atoms with E-state index in [2.05, 4.69) is 15.6 Å². The van der Waals surface area contributed by atoms with Crippen LogP contribution in [0.3, 0.4) is 0 Å². The van der Waals surface area contributed by atoms with Crippen molar-refractivity contribution in [3.05, 3.63) is 88.2 Å². The number of aliphatic hydroxyl groups is 1. The van der Waals surface area contributed by atoms with Crippen LogP contribution in [0.1, 0.15) is 51.3 Å². The van der Waals surface area contributed by atoms with E-state index >= 15 is 0 Å². The summed E-state index contributed by atoms with van der Waals surface area (Å²) in [6.07, 6.45) is 1.56. The first kappa shape index (κ1) is 42.3. The fourth-order valence-electron chi connectivity index (χ4n) is 6.59. The quantitative estimate of drug-likeness (QED) is 0.114. The van der Waals surface area contributed by atoms with E-state index in [9.17, 15) is 19.5 Å². The molecule has 58 heavy (non-hydrogen) atoms. The van der Waals surface area contributed by atoms with Crippen molar-refractivity contribution < 1.29 is 29.0 Å². The van der Waals surface area contributed by atoms with Crippen LogP contribution < -0.4 is 15.4 Å². The average Bonchev–Trinajstić information content (AvgIpc) is 3.78. The number of imidazole rings is 1. The van der Waals surface area contributed by atoms with Gasteiger partial charge in [0.15, 0.2) is 5.65 Å². The van der Waals surface area contributed by atoms with Gasteiger partial charge in [-0.25, -0.2) is 19.3 Å². The van der Waals surface area contributed by atoms with Gasteiger partial charge >= 0.3 is 6.09 Å². The molecule has 306 valence electrons. The Morgan fingerprint density at radius 1 is 0.983 bits per heavy atom. The van der Waals surface area contributed by atoms with E-state index in [1.165, 1.54) is 12.0 Å². The molecule has 2 aromatic carbocycles. The van der Waals surface area contributed by atoms with Crippen LogP contribution in [0.4, 0.5) is 4.79 Å². The molecule has 3 aromatic heterocycles. The number of amides is 3. The minimum atomic E-state index is -0.812. The fraction of sp³-hybridized carbons (Fsp3) is 0.381. The Kier molecular flexibility index (Phi) is 13.2. The third-order valence-electron chi connectivity index (χ3n) is 9.48. The number of halogens is 2. The molecule has 1 unspecified atom stereocenters. The molecule has 1 aliphatic rings. The van der Waals surface area contributed by atoms with E-state index in [-0.39, 0.29) is 43.9 Å². The number of hydrogen-bond acceptors (Lipinski definition) is 10. The highest BCUT2D eigenvalue weighted by Crippen LogP contribution is 2.42. The predicted molar refractivity (Wildman–Crippen MR) is 222 cm³/mol. The number of hydrogen-bond donors (Lipinski definition) is 3. The third-order valence-corrected chi connectivity index (χ3v) is 10.3. The van der Waals surface area contributed by atoms with Gasteiger partial charge in [0.05, 0.1) is 59.5 Å². The van der Waals surface area contributed by atoms with Gasteiger partial charge in [-0.3, -0.25) is 9.59 Å². The Balaban J connectivity index is 1.22. The van der Waals surface area contributed by atoms with Crippen LogP contribution in [0.5, 0.6) is 5.88 Å². The Morgan fingerprint density at radius 3 is 2.26 bits per heavy atom. The summed E-state index contributed by atoms with van der Waals surface area (Å²) in [6, 6.07) is 18.5. The molecule has 0 bridgehead atoms. The highest BCUT2D eigenvalue weighted by atomic mass is 35.5. The van der Waals surface area contributed by atoms with Gasteiger partial charge in [-0.15, -0.1) is 0 Å². The van der Waals surface area contributed by atoms with Gasteiger partial charge in [-0.2, -0.15) is 5.10 Å². The van der Waals surface area contributed by atoms with Gasteiger partial charge in [-0.1, -0.05) is 59.6 Å². The van der Waals surface area contributed by atoms with Crippen LogP contribution in [0, 0.1) is 0 Å². The third kappa shape index (κ3) is 10.2. The molecule has 3 amide bonds. The molecule has 3 N–H and O–H groups in total. The molecule has 14 nitrogen and oxygen atoms in total. The van der Waals surface area contributed by atoms with Crippen molar-refractivity contribution in [2.45, 2.75) is 70.9 Å². The number of nitrogens with one attached hydrogen (secondary N) is 2. The summed E-state index contributed by atoms with van der Waals surface area (Å²) in [6.45, 7) is 6.47. The van der Waals surface area contributed by atoms with Crippen LogP contribution >= 0.6 is 23.2 Å². The number of pyridine rings is 1. The second-order valence-corrected chi connectivity index (χ2v) is 16.1. The maximum Gasteiger partial charge on any atom is 0.410 e. The first-order valence-corrected chi connectivity index (χ1v) is 19.7. The van der Waals surface area contributed by atoms with Crippen molar-refractivity contribution in [3.63, 3.8) is 0 Å². The van der Waals surface area contributed by atoms with Crippen molar-refractivity contribution in [1.82, 2.24) is 40.0 Å². The summed E-state index contributed by atoms with van der Waals surface area (Å²) in [4.78, 5) is 49.6. The maximum atomic E-state index is 13.3. The Bertz CT molecular complexity index is 2310. The Hall–Kier alpha value is -5.28. The van der Waals surface area contributed by atoms with Crippen LogP contribution in [-0.4, -0.2) is 104 Å². The highest BCUT2D eigenvalue weighted by molar-refractivity contribution is 6.39. The van der Waals surface area contributed by atoms with Crippen LogP contribution in [0.15, 0.2) is 66.9 Å². The van der Waals surface area contributed by atoms with Gasteiger partial charge in [-0.05, 0) is 51.5 Å². The minimum absolute atomic E-state index is 0.0344. The van der Waals surface area contributed by atoms with E-state index in [1.807, 2.05) is 60.7 Å². The number of aliphatic hydroxyl groups excluding tert-OH is 1. The lowest BCUT2D eigenvalue weighted by atomic mass is 9.98. The lowest BCUT2D eigenvalue weighted by Crippen LogP contribution is -2.43. The molecule has 4 heterocycles. The van der Waals surface area contributed by atoms with Crippen molar-refractivity contribution in [2.75, 3.05) is 34.3 Å². The van der Waals surface area contributed by atoms with Gasteiger partial charge in [0.2, 0.25) is 17.7 Å². The molecule has 5 aromatic rings. The normalized spacial score (nSPS) is 14.6. The number of aromatic nitrogens is 4. The van der Waals surface area contributed by atoms with E-state index < -0.39 is 17.8 Å². The van der Waals surface area contributed by atoms with Gasteiger partial charge in [0, 0.05) is 74.0 Å². The van der Waals surface area contributed by atoms with Gasteiger partial charge in [0.1, 0.15) is 5.60 Å². The zero-order chi connectivity index (χ0) is 41.7. The second-order valence-electron chi connectivity index (χ2n) is 15.4. The number of benzene rings is 2. The molecule has 1 fully saturated rings. The molecule has 16 heteroatoms. The predicted octanol–water partition coefficient (Wildman–Crippen LogP) is 6.39. The lowest BCUT2D eigenvalue weighted by molar-refractivity contribution is -0.130.